The van der Waals surface area contributed by atoms with Crippen LogP contribution in [0.2, 0.25) is 0 Å². The van der Waals surface area contributed by atoms with Gasteiger partial charge >= 0.3 is 6.09 Å². The van der Waals surface area contributed by atoms with Gasteiger partial charge in [0.15, 0.2) is 0 Å². The van der Waals surface area contributed by atoms with Crippen molar-refractivity contribution in [2.24, 2.45) is 0 Å². The molecule has 0 aliphatic carbocycles. The molecule has 0 aromatic rings. The molecule has 0 aromatic heterocycles. The second-order valence-corrected chi connectivity index (χ2v) is 4.24. The molecule has 2 atom stereocenters. The van der Waals surface area contributed by atoms with Crippen molar-refractivity contribution in [2.75, 3.05) is 19.8 Å². The second-order valence-electron chi connectivity index (χ2n) is 4.24. The molecule has 86 valence electrons. The number of amides is 1. The fraction of sp³-hybridized carbons (Fsp3) is 0.909. The van der Waals surface area contributed by atoms with Crippen molar-refractivity contribution in [3.05, 3.63) is 0 Å². The van der Waals surface area contributed by atoms with Gasteiger partial charge < -0.3 is 14.4 Å². The van der Waals surface area contributed by atoms with Crippen molar-refractivity contribution >= 4 is 6.09 Å². The van der Waals surface area contributed by atoms with Gasteiger partial charge in [-0.1, -0.05) is 13.3 Å². The number of unbranched alkanes of at least 4 members (excludes halogenated alkanes) is 1. The van der Waals surface area contributed by atoms with Gasteiger partial charge in [-0.25, -0.2) is 4.79 Å². The fourth-order valence-corrected chi connectivity index (χ4v) is 2.07. The van der Waals surface area contributed by atoms with Crippen molar-refractivity contribution in [3.63, 3.8) is 0 Å². The Kier molecular flexibility index (Phi) is 3.46. The lowest BCUT2D eigenvalue weighted by Crippen LogP contribution is -2.39. The van der Waals surface area contributed by atoms with Crippen LogP contribution in [0, 0.1) is 0 Å². The van der Waals surface area contributed by atoms with E-state index < -0.39 is 0 Å². The summed E-state index contributed by atoms with van der Waals surface area (Å²) in [6.45, 7) is 4.27. The quantitative estimate of drug-likeness (QED) is 0.528. The summed E-state index contributed by atoms with van der Waals surface area (Å²) in [4.78, 5) is 13.6. The molecule has 4 heteroatoms. The maximum absolute atomic E-state index is 11.7. The number of carbonyl (C=O) groups is 1. The Morgan fingerprint density at radius 3 is 3.07 bits per heavy atom. The number of rotatable bonds is 4. The van der Waals surface area contributed by atoms with Gasteiger partial charge in [-0.05, 0) is 19.3 Å². The van der Waals surface area contributed by atoms with E-state index in [9.17, 15) is 4.79 Å². The molecule has 0 saturated carbocycles. The number of nitrogens with zero attached hydrogens (tertiary/aromatic N) is 1. The molecular weight excluding hydrogens is 194 g/mol. The highest BCUT2D eigenvalue weighted by molar-refractivity contribution is 5.68. The van der Waals surface area contributed by atoms with Crippen molar-refractivity contribution in [3.8, 4) is 0 Å². The summed E-state index contributed by atoms with van der Waals surface area (Å²) < 4.78 is 10.5. The van der Waals surface area contributed by atoms with Crippen molar-refractivity contribution in [2.45, 2.75) is 44.8 Å². The maximum atomic E-state index is 11.7. The first-order chi connectivity index (χ1) is 7.33. The molecule has 0 bridgehead atoms. The summed E-state index contributed by atoms with van der Waals surface area (Å²) in [5.74, 6) is 0. The van der Waals surface area contributed by atoms with E-state index in [2.05, 4.69) is 6.92 Å². The average Bonchev–Trinajstić information content (AvgIpc) is 2.96. The van der Waals surface area contributed by atoms with Gasteiger partial charge in [0, 0.05) is 6.54 Å². The SMILES string of the molecule is CCCCOC(=O)N1CCC[C@H]1C1CO1. The minimum Gasteiger partial charge on any atom is -0.449 e. The summed E-state index contributed by atoms with van der Waals surface area (Å²) in [5, 5.41) is 0. The van der Waals surface area contributed by atoms with E-state index in [4.69, 9.17) is 9.47 Å². The van der Waals surface area contributed by atoms with Gasteiger partial charge in [0.25, 0.3) is 0 Å². The van der Waals surface area contributed by atoms with Crippen LogP contribution in [0.25, 0.3) is 0 Å². The standard InChI is InChI=1S/C11H19NO3/c1-2-3-7-14-11(13)12-6-4-5-9(12)10-8-15-10/h9-10H,2-8H2,1H3/t9-,10?/m0/s1. The Labute approximate surface area is 90.5 Å². The van der Waals surface area contributed by atoms with Crippen LogP contribution in [0.15, 0.2) is 0 Å². The third-order valence-electron chi connectivity index (χ3n) is 3.05. The molecule has 2 fully saturated rings. The van der Waals surface area contributed by atoms with E-state index in [0.717, 1.165) is 38.8 Å². The molecule has 0 N–H and O–H groups in total. The number of hydrogen-bond donors (Lipinski definition) is 0. The van der Waals surface area contributed by atoms with Crippen LogP contribution in [-0.4, -0.2) is 42.9 Å². The van der Waals surface area contributed by atoms with Crippen molar-refractivity contribution in [1.82, 2.24) is 4.90 Å². The van der Waals surface area contributed by atoms with Crippen LogP contribution >= 0.6 is 0 Å². The summed E-state index contributed by atoms with van der Waals surface area (Å²) in [7, 11) is 0. The average molecular weight is 213 g/mol. The van der Waals surface area contributed by atoms with Crippen LogP contribution in [-0.2, 0) is 9.47 Å². The fourth-order valence-electron chi connectivity index (χ4n) is 2.07. The molecular formula is C11H19NO3. The Bertz CT molecular complexity index is 228. The molecule has 1 amide bonds. The Balaban J connectivity index is 1.77. The molecule has 2 saturated heterocycles. The number of carbonyl (C=O) groups excluding carboxylic acids is 1. The molecule has 2 aliphatic rings. The van der Waals surface area contributed by atoms with Gasteiger partial charge in [-0.3, -0.25) is 0 Å². The van der Waals surface area contributed by atoms with Gasteiger partial charge in [0.2, 0.25) is 0 Å². The van der Waals surface area contributed by atoms with E-state index in [-0.39, 0.29) is 18.2 Å². The van der Waals surface area contributed by atoms with Crippen LogP contribution in [0.5, 0.6) is 0 Å². The third kappa shape index (κ3) is 2.62. The maximum Gasteiger partial charge on any atom is 0.410 e. The second kappa shape index (κ2) is 4.84. The van der Waals surface area contributed by atoms with E-state index >= 15 is 0 Å². The van der Waals surface area contributed by atoms with Crippen LogP contribution < -0.4 is 0 Å². The molecule has 2 heterocycles. The summed E-state index contributed by atoms with van der Waals surface area (Å²) >= 11 is 0. The summed E-state index contributed by atoms with van der Waals surface area (Å²) in [5.41, 5.74) is 0. The molecule has 15 heavy (non-hydrogen) atoms. The Hall–Kier alpha value is -0.770. The Morgan fingerprint density at radius 1 is 1.60 bits per heavy atom. The predicted molar refractivity (Wildman–Crippen MR) is 55.7 cm³/mol. The summed E-state index contributed by atoms with van der Waals surface area (Å²) in [6.07, 6.45) is 4.28. The smallest absolute Gasteiger partial charge is 0.410 e. The highest BCUT2D eigenvalue weighted by Crippen LogP contribution is 2.28. The van der Waals surface area contributed by atoms with Crippen molar-refractivity contribution in [1.29, 1.82) is 0 Å². The predicted octanol–water partition coefficient (Wildman–Crippen LogP) is 1.79. The zero-order valence-electron chi connectivity index (χ0n) is 9.28. The molecule has 0 spiro atoms. The number of likely N-dealkylation sites (tertiary alicyclic amines) is 1. The van der Waals surface area contributed by atoms with Gasteiger partial charge in [-0.2, -0.15) is 0 Å². The molecule has 4 nitrogen and oxygen atoms in total. The monoisotopic (exact) mass is 213 g/mol. The van der Waals surface area contributed by atoms with Crippen LogP contribution in [0.1, 0.15) is 32.6 Å². The zero-order valence-corrected chi connectivity index (χ0v) is 9.28. The molecule has 2 aliphatic heterocycles. The van der Waals surface area contributed by atoms with Gasteiger partial charge in [0.05, 0.1) is 19.3 Å². The first-order valence-electron chi connectivity index (χ1n) is 5.88. The first kappa shape index (κ1) is 10.7. The van der Waals surface area contributed by atoms with E-state index in [0.29, 0.717) is 6.61 Å². The lowest BCUT2D eigenvalue weighted by Gasteiger charge is -2.22. The van der Waals surface area contributed by atoms with Gasteiger partial charge in [0.1, 0.15) is 6.10 Å². The first-order valence-corrected chi connectivity index (χ1v) is 5.88. The minimum absolute atomic E-state index is 0.151. The van der Waals surface area contributed by atoms with Crippen LogP contribution in [0.4, 0.5) is 4.79 Å². The third-order valence-corrected chi connectivity index (χ3v) is 3.05. The number of epoxide rings is 1. The lowest BCUT2D eigenvalue weighted by molar-refractivity contribution is 0.0916. The molecule has 1 unspecified atom stereocenters. The molecule has 0 radical (unpaired) electrons. The van der Waals surface area contributed by atoms with Crippen LogP contribution in [0.3, 0.4) is 0 Å². The van der Waals surface area contributed by atoms with Crippen molar-refractivity contribution < 1.29 is 14.3 Å². The topological polar surface area (TPSA) is 42.1 Å². The van der Waals surface area contributed by atoms with E-state index in [1.54, 1.807) is 0 Å². The number of ether oxygens (including phenoxy) is 2. The largest absolute Gasteiger partial charge is 0.449 e. The zero-order chi connectivity index (χ0) is 10.7. The normalized spacial score (nSPS) is 29.3. The molecule has 0 aromatic carbocycles. The summed E-state index contributed by atoms with van der Waals surface area (Å²) in [6, 6.07) is 0.277. The highest BCUT2D eigenvalue weighted by Gasteiger charge is 2.42. The minimum atomic E-state index is -0.151. The van der Waals surface area contributed by atoms with Gasteiger partial charge in [-0.15, -0.1) is 0 Å². The highest BCUT2D eigenvalue weighted by atomic mass is 16.6. The number of hydrogen-bond acceptors (Lipinski definition) is 3. The lowest BCUT2D eigenvalue weighted by atomic mass is 10.2. The molecule has 2 rings (SSSR count). The Morgan fingerprint density at radius 2 is 2.40 bits per heavy atom. The van der Waals surface area contributed by atoms with E-state index in [1.807, 2.05) is 4.90 Å². The van der Waals surface area contributed by atoms with E-state index in [1.165, 1.54) is 0 Å².